The molecule has 2 bridgehead atoms. The van der Waals surface area contributed by atoms with E-state index in [0.29, 0.717) is 25.7 Å². The summed E-state index contributed by atoms with van der Waals surface area (Å²) in [7, 11) is 0. The molecule has 86 valence electrons. The van der Waals surface area contributed by atoms with E-state index in [0.717, 1.165) is 0 Å². The lowest BCUT2D eigenvalue weighted by Gasteiger charge is -2.35. The summed E-state index contributed by atoms with van der Waals surface area (Å²) in [6, 6.07) is 0. The van der Waals surface area contributed by atoms with Crippen molar-refractivity contribution in [3.05, 3.63) is 0 Å². The molecule has 0 spiro atoms. The van der Waals surface area contributed by atoms with Gasteiger partial charge in [0.15, 0.2) is 0 Å². The summed E-state index contributed by atoms with van der Waals surface area (Å²) in [4.78, 5) is 11.8. The number of fused-ring (bicyclic) bond motifs is 2. The van der Waals surface area contributed by atoms with Crippen molar-refractivity contribution >= 4 is 5.78 Å². The minimum absolute atomic E-state index is 0.0128. The molecule has 2 fully saturated rings. The largest absolute Gasteiger partial charge is 0.299 e. The molecule has 2 unspecified atom stereocenters. The first kappa shape index (κ1) is 11.0. The average molecular weight is 216 g/mol. The van der Waals surface area contributed by atoms with Crippen molar-refractivity contribution in [2.24, 2.45) is 23.7 Å². The first-order valence-corrected chi connectivity index (χ1v) is 5.84. The third-order valence-electron chi connectivity index (χ3n) is 4.06. The predicted octanol–water partition coefficient (Wildman–Crippen LogP) is 3.28. The van der Waals surface area contributed by atoms with Crippen molar-refractivity contribution < 1.29 is 13.6 Å². The van der Waals surface area contributed by atoms with Crippen molar-refractivity contribution in [1.29, 1.82) is 0 Å². The monoisotopic (exact) mass is 216 g/mol. The number of alkyl halides is 2. The van der Waals surface area contributed by atoms with E-state index in [1.165, 1.54) is 0 Å². The topological polar surface area (TPSA) is 17.1 Å². The number of carbonyl (C=O) groups excluding carboxylic acids is 1. The minimum atomic E-state index is -2.49. The maximum Gasteiger partial charge on any atom is 0.253 e. The second-order valence-corrected chi connectivity index (χ2v) is 5.37. The Hall–Kier alpha value is -0.470. The lowest BCUT2D eigenvalue weighted by atomic mass is 9.74. The van der Waals surface area contributed by atoms with Crippen LogP contribution in [0.3, 0.4) is 0 Å². The van der Waals surface area contributed by atoms with Crippen LogP contribution in [0.4, 0.5) is 8.78 Å². The fraction of sp³-hybridized carbons (Fsp3) is 0.917. The van der Waals surface area contributed by atoms with Gasteiger partial charge < -0.3 is 0 Å². The van der Waals surface area contributed by atoms with Crippen molar-refractivity contribution in [2.75, 3.05) is 0 Å². The summed E-state index contributed by atoms with van der Waals surface area (Å²) in [6.45, 7) is 3.72. The van der Waals surface area contributed by atoms with E-state index >= 15 is 0 Å². The molecule has 0 aromatic carbocycles. The van der Waals surface area contributed by atoms with E-state index in [1.54, 1.807) is 0 Å². The lowest BCUT2D eigenvalue weighted by Crippen LogP contribution is -2.40. The van der Waals surface area contributed by atoms with Gasteiger partial charge in [-0.25, -0.2) is 8.78 Å². The molecule has 0 heterocycles. The molecule has 0 amide bonds. The summed E-state index contributed by atoms with van der Waals surface area (Å²) < 4.78 is 27.2. The molecule has 2 rings (SSSR count). The number of Topliss-reactive ketones (excluding diaryl/α,β-unsaturated/α-hetero) is 1. The van der Waals surface area contributed by atoms with Gasteiger partial charge in [-0.05, 0) is 25.7 Å². The van der Waals surface area contributed by atoms with Gasteiger partial charge in [-0.1, -0.05) is 13.8 Å². The highest BCUT2D eigenvalue weighted by Gasteiger charge is 2.56. The zero-order valence-corrected chi connectivity index (χ0v) is 9.30. The van der Waals surface area contributed by atoms with Crippen LogP contribution in [0.5, 0.6) is 0 Å². The molecule has 0 N–H and O–H groups in total. The zero-order valence-electron chi connectivity index (χ0n) is 9.30. The lowest BCUT2D eigenvalue weighted by molar-refractivity contribution is -0.139. The minimum Gasteiger partial charge on any atom is -0.299 e. The summed E-state index contributed by atoms with van der Waals surface area (Å²) in [6.07, 6.45) is 2.06. The van der Waals surface area contributed by atoms with Crippen molar-refractivity contribution in [3.63, 3.8) is 0 Å². The van der Waals surface area contributed by atoms with Gasteiger partial charge in [-0.15, -0.1) is 0 Å². The molecular formula is C12H18F2O. The number of halogens is 2. The third kappa shape index (κ3) is 1.70. The van der Waals surface area contributed by atoms with Crippen LogP contribution >= 0.6 is 0 Å². The molecule has 3 heteroatoms. The Morgan fingerprint density at radius 3 is 2.07 bits per heavy atom. The molecule has 2 atom stereocenters. The van der Waals surface area contributed by atoms with E-state index in [-0.39, 0.29) is 17.6 Å². The van der Waals surface area contributed by atoms with Crippen LogP contribution in [0.2, 0.25) is 0 Å². The van der Waals surface area contributed by atoms with Gasteiger partial charge in [0.2, 0.25) is 0 Å². The van der Waals surface area contributed by atoms with Crippen LogP contribution in [0, 0.1) is 23.7 Å². The average Bonchev–Trinajstić information content (AvgIpc) is 2.41. The second-order valence-electron chi connectivity index (χ2n) is 5.37. The molecule has 2 aliphatic rings. The Labute approximate surface area is 89.2 Å². The fourth-order valence-corrected chi connectivity index (χ4v) is 3.16. The van der Waals surface area contributed by atoms with Crippen molar-refractivity contribution in [2.45, 2.75) is 45.5 Å². The molecule has 2 saturated carbocycles. The van der Waals surface area contributed by atoms with Gasteiger partial charge in [0.05, 0.1) is 0 Å². The fourth-order valence-electron chi connectivity index (χ4n) is 3.16. The standard InChI is InChI=1S/C12H18F2O/c1-7(2)11(15)8-5-9-3-4-10(6-8)12(9,13)14/h7-10H,3-6H2,1-2H3. The van der Waals surface area contributed by atoms with Gasteiger partial charge >= 0.3 is 0 Å². The van der Waals surface area contributed by atoms with Crippen LogP contribution in [-0.2, 0) is 4.79 Å². The highest BCUT2D eigenvalue weighted by atomic mass is 19.3. The quantitative estimate of drug-likeness (QED) is 0.692. The van der Waals surface area contributed by atoms with E-state index in [1.807, 2.05) is 13.8 Å². The molecule has 15 heavy (non-hydrogen) atoms. The van der Waals surface area contributed by atoms with Gasteiger partial charge in [0.25, 0.3) is 5.92 Å². The molecular weight excluding hydrogens is 198 g/mol. The number of carbonyl (C=O) groups is 1. The first-order chi connectivity index (χ1) is 6.93. The van der Waals surface area contributed by atoms with Gasteiger partial charge in [0, 0.05) is 23.7 Å². The summed E-state index contributed by atoms with van der Waals surface area (Å²) in [5.41, 5.74) is 0. The molecule has 0 aromatic rings. The number of ketones is 1. The van der Waals surface area contributed by atoms with E-state index < -0.39 is 17.8 Å². The van der Waals surface area contributed by atoms with Crippen LogP contribution < -0.4 is 0 Å². The maximum atomic E-state index is 13.6. The Morgan fingerprint density at radius 1 is 1.20 bits per heavy atom. The van der Waals surface area contributed by atoms with Crippen molar-refractivity contribution in [1.82, 2.24) is 0 Å². The summed E-state index contributed by atoms with van der Waals surface area (Å²) in [5.74, 6) is -3.47. The summed E-state index contributed by atoms with van der Waals surface area (Å²) in [5, 5.41) is 0. The Kier molecular flexibility index (Phi) is 2.60. The number of hydrogen-bond donors (Lipinski definition) is 0. The highest BCUT2D eigenvalue weighted by molar-refractivity contribution is 5.83. The first-order valence-electron chi connectivity index (χ1n) is 5.84. The van der Waals surface area contributed by atoms with Gasteiger partial charge in [-0.3, -0.25) is 4.79 Å². The Balaban J connectivity index is 2.09. The van der Waals surface area contributed by atoms with Gasteiger partial charge in [0.1, 0.15) is 5.78 Å². The third-order valence-corrected chi connectivity index (χ3v) is 4.06. The Bertz CT molecular complexity index is 257. The maximum absolute atomic E-state index is 13.6. The van der Waals surface area contributed by atoms with Crippen LogP contribution in [-0.4, -0.2) is 11.7 Å². The molecule has 0 aliphatic heterocycles. The summed E-state index contributed by atoms with van der Waals surface area (Å²) >= 11 is 0. The van der Waals surface area contributed by atoms with Gasteiger partial charge in [-0.2, -0.15) is 0 Å². The Morgan fingerprint density at radius 2 is 1.67 bits per heavy atom. The molecule has 0 radical (unpaired) electrons. The molecule has 2 aliphatic carbocycles. The number of rotatable bonds is 2. The SMILES string of the molecule is CC(C)C(=O)C1CC2CCC(C1)C2(F)F. The van der Waals surface area contributed by atoms with E-state index in [2.05, 4.69) is 0 Å². The predicted molar refractivity (Wildman–Crippen MR) is 53.7 cm³/mol. The van der Waals surface area contributed by atoms with Crippen LogP contribution in [0.1, 0.15) is 39.5 Å². The second kappa shape index (κ2) is 3.53. The van der Waals surface area contributed by atoms with Crippen LogP contribution in [0.15, 0.2) is 0 Å². The molecule has 0 saturated heterocycles. The highest BCUT2D eigenvalue weighted by Crippen LogP contribution is 2.54. The molecule has 0 aromatic heterocycles. The normalized spacial score (nSPS) is 38.3. The zero-order chi connectivity index (χ0) is 11.2. The van der Waals surface area contributed by atoms with Crippen molar-refractivity contribution in [3.8, 4) is 0 Å². The van der Waals surface area contributed by atoms with E-state index in [4.69, 9.17) is 0 Å². The van der Waals surface area contributed by atoms with Crippen LogP contribution in [0.25, 0.3) is 0 Å². The molecule has 1 nitrogen and oxygen atoms in total. The smallest absolute Gasteiger partial charge is 0.253 e. The number of hydrogen-bond acceptors (Lipinski definition) is 1. The van der Waals surface area contributed by atoms with E-state index in [9.17, 15) is 13.6 Å².